The number of hydrogen-bond donors (Lipinski definition) is 1. The lowest BCUT2D eigenvalue weighted by Gasteiger charge is -2.23. The van der Waals surface area contributed by atoms with Crippen LogP contribution in [-0.2, 0) is 10.2 Å². The molecule has 1 aliphatic rings. The number of carbonyl (C=O) groups is 1. The second-order valence-electron chi connectivity index (χ2n) is 5.15. The lowest BCUT2D eigenvalue weighted by Crippen LogP contribution is -2.23. The number of hydrogen-bond acceptors (Lipinski definition) is 4. The Kier molecular flexibility index (Phi) is 3.52. The van der Waals surface area contributed by atoms with Gasteiger partial charge in [0.1, 0.15) is 16.0 Å². The van der Waals surface area contributed by atoms with Crippen LogP contribution in [0.3, 0.4) is 0 Å². The number of carbonyl (C=O) groups excluding carboxylic acids is 1. The second kappa shape index (κ2) is 4.80. The third-order valence-electron chi connectivity index (χ3n) is 3.78. The Balaban J connectivity index is 2.49. The summed E-state index contributed by atoms with van der Waals surface area (Å²) in [4.78, 5) is 19.3. The van der Waals surface area contributed by atoms with E-state index in [-0.39, 0.29) is 5.41 Å². The van der Waals surface area contributed by atoms with E-state index in [0.29, 0.717) is 10.2 Å². The zero-order valence-electron chi connectivity index (χ0n) is 11.0. The van der Waals surface area contributed by atoms with Gasteiger partial charge in [-0.3, -0.25) is 0 Å². The number of aromatic nitrogens is 2. The Morgan fingerprint density at radius 2 is 2.06 bits per heavy atom. The van der Waals surface area contributed by atoms with Crippen molar-refractivity contribution in [2.24, 2.45) is 0 Å². The van der Waals surface area contributed by atoms with Gasteiger partial charge in [-0.1, -0.05) is 32.0 Å². The predicted molar refractivity (Wildman–Crippen MR) is 71.3 cm³/mol. The minimum Gasteiger partial charge on any atom is -0.465 e. The van der Waals surface area contributed by atoms with E-state index in [1.807, 2.05) is 6.92 Å². The van der Waals surface area contributed by atoms with Gasteiger partial charge in [0, 0.05) is 11.1 Å². The average molecular weight is 266 g/mol. The number of rotatable bonds is 2. The van der Waals surface area contributed by atoms with Crippen LogP contribution in [0.5, 0.6) is 0 Å². The Morgan fingerprint density at radius 3 is 2.56 bits per heavy atom. The number of aromatic amines is 1. The molecule has 0 amide bonds. The molecule has 0 unspecified atom stereocenters. The summed E-state index contributed by atoms with van der Waals surface area (Å²) in [6, 6.07) is 0. The van der Waals surface area contributed by atoms with E-state index >= 15 is 0 Å². The molecular weight excluding hydrogens is 248 g/mol. The number of esters is 1. The molecule has 1 N–H and O–H groups in total. The number of nitrogens with one attached hydrogen (secondary N) is 1. The Labute approximate surface area is 112 Å². The molecule has 18 heavy (non-hydrogen) atoms. The monoisotopic (exact) mass is 266 g/mol. The quantitative estimate of drug-likeness (QED) is 0.660. The van der Waals surface area contributed by atoms with Crippen molar-refractivity contribution in [1.29, 1.82) is 0 Å². The number of methoxy groups -OCH3 is 1. The molecule has 0 bridgehead atoms. The van der Waals surface area contributed by atoms with Crippen LogP contribution in [0.15, 0.2) is 0 Å². The minimum atomic E-state index is -0.427. The first-order chi connectivity index (χ1) is 8.48. The summed E-state index contributed by atoms with van der Waals surface area (Å²) in [5.74, 6) is 0.472. The van der Waals surface area contributed by atoms with Crippen molar-refractivity contribution >= 4 is 18.2 Å². The summed E-state index contributed by atoms with van der Waals surface area (Å²) in [5, 5.41) is 0. The fraction of sp³-hybridized carbons (Fsp3) is 0.615. The number of nitrogens with zero attached hydrogens (tertiary/aromatic N) is 1. The van der Waals surface area contributed by atoms with Crippen LogP contribution in [-0.4, -0.2) is 23.0 Å². The van der Waals surface area contributed by atoms with Gasteiger partial charge in [-0.2, -0.15) is 0 Å². The number of aryl methyl sites for hydroxylation is 1. The summed E-state index contributed by atoms with van der Waals surface area (Å²) >= 11 is 5.22. The SMILES string of the molecule is COC(=O)c1c(C)[nH]c(C2(C)CCCC2)nc1=S. The molecule has 0 aromatic carbocycles. The van der Waals surface area contributed by atoms with E-state index in [1.54, 1.807) is 0 Å². The maximum Gasteiger partial charge on any atom is 0.342 e. The molecule has 0 saturated heterocycles. The zero-order valence-corrected chi connectivity index (χ0v) is 11.8. The Hall–Kier alpha value is -1.23. The van der Waals surface area contributed by atoms with Crippen LogP contribution < -0.4 is 0 Å². The van der Waals surface area contributed by atoms with Crippen LogP contribution in [0.1, 0.15) is 54.5 Å². The molecule has 1 aromatic rings. The molecule has 4 nitrogen and oxygen atoms in total. The highest BCUT2D eigenvalue weighted by Gasteiger charge is 2.33. The number of ether oxygens (including phenoxy) is 1. The van der Waals surface area contributed by atoms with E-state index in [1.165, 1.54) is 20.0 Å². The molecule has 1 saturated carbocycles. The molecule has 1 aromatic heterocycles. The van der Waals surface area contributed by atoms with Gasteiger partial charge in [0.2, 0.25) is 0 Å². The maximum atomic E-state index is 11.6. The van der Waals surface area contributed by atoms with Crippen molar-refractivity contribution in [3.05, 3.63) is 21.7 Å². The van der Waals surface area contributed by atoms with Gasteiger partial charge < -0.3 is 9.72 Å². The van der Waals surface area contributed by atoms with Gasteiger partial charge in [0.15, 0.2) is 0 Å². The third-order valence-corrected chi connectivity index (χ3v) is 4.07. The van der Waals surface area contributed by atoms with Gasteiger partial charge in [-0.25, -0.2) is 9.78 Å². The van der Waals surface area contributed by atoms with Crippen LogP contribution in [0, 0.1) is 11.6 Å². The fourth-order valence-electron chi connectivity index (χ4n) is 2.61. The molecule has 0 aliphatic heterocycles. The molecular formula is C13H18N2O2S. The second-order valence-corrected chi connectivity index (χ2v) is 5.54. The third kappa shape index (κ3) is 2.19. The lowest BCUT2D eigenvalue weighted by atomic mass is 9.87. The van der Waals surface area contributed by atoms with Crippen molar-refractivity contribution in [2.45, 2.75) is 44.9 Å². The molecule has 1 aliphatic carbocycles. The molecule has 0 spiro atoms. The summed E-state index contributed by atoms with van der Waals surface area (Å²) in [7, 11) is 1.35. The van der Waals surface area contributed by atoms with E-state index in [0.717, 1.165) is 24.4 Å². The van der Waals surface area contributed by atoms with Crippen LogP contribution >= 0.6 is 12.2 Å². The summed E-state index contributed by atoms with van der Waals surface area (Å²) < 4.78 is 5.06. The smallest absolute Gasteiger partial charge is 0.342 e. The summed E-state index contributed by atoms with van der Waals surface area (Å²) in [5.41, 5.74) is 1.18. The maximum absolute atomic E-state index is 11.6. The van der Waals surface area contributed by atoms with Crippen molar-refractivity contribution in [1.82, 2.24) is 9.97 Å². The summed E-state index contributed by atoms with van der Waals surface area (Å²) in [6.07, 6.45) is 4.66. The summed E-state index contributed by atoms with van der Waals surface area (Å²) in [6.45, 7) is 4.04. The largest absolute Gasteiger partial charge is 0.465 e. The standard InChI is InChI=1S/C13H18N2O2S/c1-8-9(11(16)17-3)10(18)15-12(14-8)13(2)6-4-5-7-13/h4-7H2,1-3H3,(H,14,15,18). The zero-order chi connectivity index (χ0) is 13.3. The Bertz CT molecular complexity index is 530. The normalized spacial score (nSPS) is 17.7. The van der Waals surface area contributed by atoms with Crippen LogP contribution in [0.2, 0.25) is 0 Å². The molecule has 5 heteroatoms. The van der Waals surface area contributed by atoms with Crippen molar-refractivity contribution in [3.63, 3.8) is 0 Å². The van der Waals surface area contributed by atoms with Crippen molar-refractivity contribution in [3.8, 4) is 0 Å². The van der Waals surface area contributed by atoms with E-state index in [4.69, 9.17) is 17.0 Å². The number of H-pyrrole nitrogens is 1. The Morgan fingerprint density at radius 1 is 1.44 bits per heavy atom. The van der Waals surface area contributed by atoms with Gasteiger partial charge in [0.25, 0.3) is 0 Å². The molecule has 2 rings (SSSR count). The van der Waals surface area contributed by atoms with Crippen molar-refractivity contribution in [2.75, 3.05) is 7.11 Å². The predicted octanol–water partition coefficient (Wildman–Crippen LogP) is 3.07. The molecule has 0 radical (unpaired) electrons. The first-order valence-electron chi connectivity index (χ1n) is 6.17. The molecule has 98 valence electrons. The van der Waals surface area contributed by atoms with Gasteiger partial charge in [-0.15, -0.1) is 0 Å². The molecule has 0 atom stereocenters. The van der Waals surface area contributed by atoms with Gasteiger partial charge in [0.05, 0.1) is 7.11 Å². The average Bonchev–Trinajstić information content (AvgIpc) is 2.76. The molecule has 1 fully saturated rings. The first-order valence-corrected chi connectivity index (χ1v) is 6.58. The molecule has 1 heterocycles. The van der Waals surface area contributed by atoms with Gasteiger partial charge >= 0.3 is 5.97 Å². The minimum absolute atomic E-state index is 0.0625. The highest BCUT2D eigenvalue weighted by molar-refractivity contribution is 7.71. The lowest BCUT2D eigenvalue weighted by molar-refractivity contribution is 0.0598. The highest BCUT2D eigenvalue weighted by atomic mass is 32.1. The van der Waals surface area contributed by atoms with Crippen LogP contribution in [0.25, 0.3) is 0 Å². The first kappa shape index (κ1) is 13.2. The topological polar surface area (TPSA) is 55.0 Å². The van der Waals surface area contributed by atoms with Crippen molar-refractivity contribution < 1.29 is 9.53 Å². The van der Waals surface area contributed by atoms with E-state index < -0.39 is 5.97 Å². The fourth-order valence-corrected chi connectivity index (χ4v) is 2.93. The highest BCUT2D eigenvalue weighted by Crippen LogP contribution is 2.38. The van der Waals surface area contributed by atoms with E-state index in [2.05, 4.69) is 16.9 Å². The van der Waals surface area contributed by atoms with E-state index in [9.17, 15) is 4.79 Å². The van der Waals surface area contributed by atoms with Gasteiger partial charge in [-0.05, 0) is 19.8 Å². The van der Waals surface area contributed by atoms with Crippen LogP contribution in [0.4, 0.5) is 0 Å².